The lowest BCUT2D eigenvalue weighted by Crippen LogP contribution is -2.13. The number of aryl methyl sites for hydroxylation is 1. The molecule has 0 unspecified atom stereocenters. The molecule has 3 aromatic rings. The van der Waals surface area contributed by atoms with Crippen LogP contribution in [0.25, 0.3) is 22.7 Å². The van der Waals surface area contributed by atoms with Gasteiger partial charge in [0, 0.05) is 17.1 Å². The number of nitrogens with zero attached hydrogens (tertiary/aromatic N) is 1. The van der Waals surface area contributed by atoms with Crippen molar-refractivity contribution in [1.82, 2.24) is 10.3 Å². The summed E-state index contributed by atoms with van der Waals surface area (Å²) in [6, 6.07) is 15.9. The molecule has 1 aromatic heterocycles. The summed E-state index contributed by atoms with van der Waals surface area (Å²) < 4.78 is 5.85. The second-order valence-corrected chi connectivity index (χ2v) is 7.08. The molecule has 1 N–H and O–H groups in total. The predicted molar refractivity (Wildman–Crippen MR) is 118 cm³/mol. The molecule has 0 spiro atoms. The first-order chi connectivity index (χ1) is 13.6. The van der Waals surface area contributed by atoms with Crippen molar-refractivity contribution in [3.63, 3.8) is 0 Å². The van der Waals surface area contributed by atoms with Crippen LogP contribution in [0.15, 0.2) is 71.8 Å². The van der Waals surface area contributed by atoms with Crippen molar-refractivity contribution in [1.29, 1.82) is 0 Å². The molecule has 0 aliphatic rings. The number of benzene rings is 2. The van der Waals surface area contributed by atoms with Crippen LogP contribution in [0.4, 0.5) is 0 Å². The molecule has 0 saturated heterocycles. The molecule has 0 saturated carbocycles. The van der Waals surface area contributed by atoms with E-state index >= 15 is 0 Å². The molecule has 1 heterocycles. The van der Waals surface area contributed by atoms with E-state index in [0.717, 1.165) is 35.7 Å². The Hall–Kier alpha value is -2.78. The number of hydrogen-bond acceptors (Lipinski definition) is 3. The van der Waals surface area contributed by atoms with Crippen molar-refractivity contribution in [2.24, 2.45) is 0 Å². The average Bonchev–Trinajstić information content (AvgIpc) is 3.20. The van der Waals surface area contributed by atoms with E-state index in [4.69, 9.17) is 16.0 Å². The Bertz CT molecular complexity index is 973. The van der Waals surface area contributed by atoms with Crippen molar-refractivity contribution in [3.8, 4) is 11.5 Å². The minimum atomic E-state index is 0.597. The summed E-state index contributed by atoms with van der Waals surface area (Å²) in [7, 11) is 0. The van der Waals surface area contributed by atoms with Crippen LogP contribution >= 0.6 is 11.6 Å². The Balaban J connectivity index is 1.63. The third-order valence-corrected chi connectivity index (χ3v) is 4.79. The van der Waals surface area contributed by atoms with Gasteiger partial charge in [0.1, 0.15) is 0 Å². The van der Waals surface area contributed by atoms with Gasteiger partial charge >= 0.3 is 0 Å². The monoisotopic (exact) mass is 392 g/mol. The molecule has 0 aliphatic carbocycles. The fourth-order valence-corrected chi connectivity index (χ4v) is 3.27. The highest BCUT2D eigenvalue weighted by atomic mass is 35.5. The first kappa shape index (κ1) is 20.0. The second-order valence-electron chi connectivity index (χ2n) is 6.65. The third-order valence-electron chi connectivity index (χ3n) is 4.55. The molecule has 0 atom stereocenters. The van der Waals surface area contributed by atoms with Gasteiger partial charge in [0.15, 0.2) is 5.76 Å². The SMILES string of the molecule is C=C(NCC/C(=C/CC)c1cc(Cl)ccc1C)c1cnc(-c2ccccc2)o1. The Morgan fingerprint density at radius 3 is 2.75 bits per heavy atom. The molecule has 0 aliphatic heterocycles. The van der Waals surface area contributed by atoms with E-state index < -0.39 is 0 Å². The normalized spacial score (nSPS) is 11.5. The van der Waals surface area contributed by atoms with Crippen LogP contribution in [0.5, 0.6) is 0 Å². The summed E-state index contributed by atoms with van der Waals surface area (Å²) in [5, 5.41) is 4.11. The number of rotatable bonds is 8. The van der Waals surface area contributed by atoms with Gasteiger partial charge in [0.05, 0.1) is 11.9 Å². The van der Waals surface area contributed by atoms with Crippen molar-refractivity contribution >= 4 is 22.9 Å². The van der Waals surface area contributed by atoms with Crippen LogP contribution in [0.2, 0.25) is 5.02 Å². The first-order valence-corrected chi connectivity index (χ1v) is 9.86. The van der Waals surface area contributed by atoms with Gasteiger partial charge in [-0.25, -0.2) is 4.98 Å². The van der Waals surface area contributed by atoms with Gasteiger partial charge in [-0.2, -0.15) is 0 Å². The Morgan fingerprint density at radius 2 is 2.00 bits per heavy atom. The second kappa shape index (κ2) is 9.43. The number of aromatic nitrogens is 1. The molecule has 0 bridgehead atoms. The largest absolute Gasteiger partial charge is 0.435 e. The molecule has 0 radical (unpaired) electrons. The lowest BCUT2D eigenvalue weighted by atomic mass is 9.97. The number of oxazole rings is 1. The lowest BCUT2D eigenvalue weighted by Gasteiger charge is -2.13. The van der Waals surface area contributed by atoms with E-state index in [1.54, 1.807) is 6.20 Å². The van der Waals surface area contributed by atoms with E-state index in [1.165, 1.54) is 16.7 Å². The molecule has 3 nitrogen and oxygen atoms in total. The smallest absolute Gasteiger partial charge is 0.226 e. The summed E-state index contributed by atoms with van der Waals surface area (Å²) in [6.45, 7) is 9.10. The Morgan fingerprint density at radius 1 is 1.21 bits per heavy atom. The van der Waals surface area contributed by atoms with Gasteiger partial charge in [-0.3, -0.25) is 0 Å². The molecule has 0 amide bonds. The van der Waals surface area contributed by atoms with E-state index in [2.05, 4.69) is 42.9 Å². The van der Waals surface area contributed by atoms with Gasteiger partial charge in [0.25, 0.3) is 0 Å². The van der Waals surface area contributed by atoms with Gasteiger partial charge in [-0.1, -0.05) is 55.4 Å². The van der Waals surface area contributed by atoms with Crippen LogP contribution in [0, 0.1) is 6.92 Å². The molecule has 2 aromatic carbocycles. The summed E-state index contributed by atoms with van der Waals surface area (Å²) in [5.41, 5.74) is 5.39. The van der Waals surface area contributed by atoms with Gasteiger partial charge < -0.3 is 9.73 Å². The maximum Gasteiger partial charge on any atom is 0.226 e. The molecule has 4 heteroatoms. The van der Waals surface area contributed by atoms with Crippen LogP contribution in [-0.4, -0.2) is 11.5 Å². The predicted octanol–water partition coefficient (Wildman–Crippen LogP) is 6.75. The van der Waals surface area contributed by atoms with Crippen molar-refractivity contribution in [3.05, 3.63) is 89.3 Å². The lowest BCUT2D eigenvalue weighted by molar-refractivity contribution is 0.555. The fourth-order valence-electron chi connectivity index (χ4n) is 3.10. The maximum atomic E-state index is 6.20. The topological polar surface area (TPSA) is 38.1 Å². The van der Waals surface area contributed by atoms with Crippen LogP contribution in [0.3, 0.4) is 0 Å². The third kappa shape index (κ3) is 4.93. The zero-order valence-electron chi connectivity index (χ0n) is 16.3. The molecule has 0 fully saturated rings. The fraction of sp³-hybridized carbons (Fsp3) is 0.208. The van der Waals surface area contributed by atoms with Crippen molar-refractivity contribution in [2.45, 2.75) is 26.7 Å². The highest BCUT2D eigenvalue weighted by Crippen LogP contribution is 2.26. The van der Waals surface area contributed by atoms with Gasteiger partial charge in [-0.15, -0.1) is 0 Å². The van der Waals surface area contributed by atoms with Crippen LogP contribution in [0.1, 0.15) is 36.7 Å². The van der Waals surface area contributed by atoms with E-state index in [0.29, 0.717) is 11.7 Å². The average molecular weight is 393 g/mol. The highest BCUT2D eigenvalue weighted by Gasteiger charge is 2.10. The number of allylic oxidation sites excluding steroid dienone is 1. The minimum Gasteiger partial charge on any atom is -0.435 e. The van der Waals surface area contributed by atoms with Crippen molar-refractivity contribution < 1.29 is 4.42 Å². The standard InChI is InChI=1S/C24H25ClN2O/c1-4-8-19(22-15-21(25)12-11-17(22)2)13-14-26-18(3)23-16-27-24(28-23)20-9-6-5-7-10-20/h5-12,15-16,26H,3-4,13-14H2,1-2H3/b19-8-. The zero-order valence-corrected chi connectivity index (χ0v) is 17.1. The Labute approximate surface area is 171 Å². The maximum absolute atomic E-state index is 6.20. The molecule has 28 heavy (non-hydrogen) atoms. The first-order valence-electron chi connectivity index (χ1n) is 9.48. The number of nitrogens with one attached hydrogen (secondary N) is 1. The van der Waals surface area contributed by atoms with E-state index in [-0.39, 0.29) is 0 Å². The summed E-state index contributed by atoms with van der Waals surface area (Å²) in [6.07, 6.45) is 5.81. The number of halogens is 1. The molecular weight excluding hydrogens is 368 g/mol. The summed E-state index contributed by atoms with van der Waals surface area (Å²) in [5.74, 6) is 1.25. The van der Waals surface area contributed by atoms with Gasteiger partial charge in [-0.05, 0) is 60.7 Å². The zero-order chi connectivity index (χ0) is 19.9. The Kier molecular flexibility index (Phi) is 6.72. The molecular formula is C24H25ClN2O. The minimum absolute atomic E-state index is 0.597. The number of hydrogen-bond donors (Lipinski definition) is 1. The summed E-state index contributed by atoms with van der Waals surface area (Å²) in [4.78, 5) is 4.36. The van der Waals surface area contributed by atoms with Crippen molar-refractivity contribution in [2.75, 3.05) is 6.54 Å². The van der Waals surface area contributed by atoms with E-state index in [1.807, 2.05) is 42.5 Å². The van der Waals surface area contributed by atoms with Crippen LogP contribution in [-0.2, 0) is 0 Å². The molecule has 3 rings (SSSR count). The quantitative estimate of drug-likeness (QED) is 0.460. The van der Waals surface area contributed by atoms with E-state index in [9.17, 15) is 0 Å². The summed E-state index contributed by atoms with van der Waals surface area (Å²) >= 11 is 6.20. The highest BCUT2D eigenvalue weighted by molar-refractivity contribution is 6.30. The van der Waals surface area contributed by atoms with Crippen LogP contribution < -0.4 is 5.32 Å². The molecule has 144 valence electrons. The van der Waals surface area contributed by atoms with Gasteiger partial charge in [0.2, 0.25) is 5.89 Å².